The number of carbonyl (C=O) groups excluding carboxylic acids is 1. The Morgan fingerprint density at radius 2 is 1.90 bits per heavy atom. The van der Waals surface area contributed by atoms with E-state index < -0.39 is 0 Å². The Balaban J connectivity index is 1.41. The number of rotatable bonds is 4. The molecule has 0 radical (unpaired) electrons. The van der Waals surface area contributed by atoms with Gasteiger partial charge in [-0.05, 0) is 35.7 Å². The molecule has 2 aromatic carbocycles. The van der Waals surface area contributed by atoms with Crippen molar-refractivity contribution in [2.45, 2.75) is 13.0 Å². The standard InChI is InChI=1S/C24H25N3O3S/c1-29-22-7-6-18(23(28)27-9-8-17-4-2-3-5-19(17)15-27)14-20(22)21-16-31-24(25-21)26-10-12-30-13-11-26/h2-7,14,16H,8-13,15H2,1H3. The molecule has 3 aromatic rings. The van der Waals surface area contributed by atoms with E-state index in [9.17, 15) is 4.79 Å². The number of fused-ring (bicyclic) bond motifs is 1. The molecular weight excluding hydrogens is 410 g/mol. The molecular formula is C24H25N3O3S. The summed E-state index contributed by atoms with van der Waals surface area (Å²) in [6, 6.07) is 14.0. The van der Waals surface area contributed by atoms with Crippen LogP contribution >= 0.6 is 11.3 Å². The number of hydrogen-bond donors (Lipinski definition) is 0. The Labute approximate surface area is 186 Å². The van der Waals surface area contributed by atoms with Crippen LogP contribution in [0.4, 0.5) is 5.13 Å². The van der Waals surface area contributed by atoms with Crippen LogP contribution in [0.2, 0.25) is 0 Å². The number of aromatic nitrogens is 1. The predicted molar refractivity (Wildman–Crippen MR) is 122 cm³/mol. The fourth-order valence-corrected chi connectivity index (χ4v) is 5.06. The predicted octanol–water partition coefficient (Wildman–Crippen LogP) is 3.85. The molecule has 6 nitrogen and oxygen atoms in total. The summed E-state index contributed by atoms with van der Waals surface area (Å²) in [6.45, 7) is 4.52. The summed E-state index contributed by atoms with van der Waals surface area (Å²) in [6.07, 6.45) is 0.889. The maximum atomic E-state index is 13.3. The molecule has 1 saturated heterocycles. The van der Waals surface area contributed by atoms with Crippen molar-refractivity contribution in [3.8, 4) is 17.0 Å². The summed E-state index contributed by atoms with van der Waals surface area (Å²) in [5, 5.41) is 3.01. The van der Waals surface area contributed by atoms with Gasteiger partial charge in [-0.3, -0.25) is 4.79 Å². The summed E-state index contributed by atoms with van der Waals surface area (Å²) in [5.74, 6) is 0.765. The molecule has 7 heteroatoms. The van der Waals surface area contributed by atoms with Gasteiger partial charge < -0.3 is 19.3 Å². The lowest BCUT2D eigenvalue weighted by atomic mass is 9.99. The molecule has 1 fully saturated rings. The largest absolute Gasteiger partial charge is 0.496 e. The average molecular weight is 436 g/mol. The molecule has 0 unspecified atom stereocenters. The van der Waals surface area contributed by atoms with Crippen LogP contribution in [0.25, 0.3) is 11.3 Å². The monoisotopic (exact) mass is 435 g/mol. The Kier molecular flexibility index (Phi) is 5.61. The van der Waals surface area contributed by atoms with Gasteiger partial charge in [0.2, 0.25) is 0 Å². The molecule has 2 aliphatic rings. The molecule has 3 heterocycles. The van der Waals surface area contributed by atoms with Crippen molar-refractivity contribution in [3.63, 3.8) is 0 Å². The van der Waals surface area contributed by atoms with Crippen LogP contribution in [0.1, 0.15) is 21.5 Å². The van der Waals surface area contributed by atoms with Gasteiger partial charge in [0.1, 0.15) is 5.75 Å². The van der Waals surface area contributed by atoms with Crippen LogP contribution in [0, 0.1) is 0 Å². The van der Waals surface area contributed by atoms with Gasteiger partial charge in [0.25, 0.3) is 5.91 Å². The molecule has 0 aliphatic carbocycles. The third-order valence-electron chi connectivity index (χ3n) is 5.91. The average Bonchev–Trinajstić information content (AvgIpc) is 3.33. The highest BCUT2D eigenvalue weighted by Crippen LogP contribution is 2.35. The number of amides is 1. The minimum atomic E-state index is 0.0436. The van der Waals surface area contributed by atoms with Crippen molar-refractivity contribution in [2.75, 3.05) is 44.9 Å². The van der Waals surface area contributed by atoms with Crippen molar-refractivity contribution >= 4 is 22.4 Å². The van der Waals surface area contributed by atoms with Crippen LogP contribution in [-0.4, -0.2) is 55.7 Å². The Bertz CT molecular complexity index is 1090. The van der Waals surface area contributed by atoms with E-state index in [-0.39, 0.29) is 5.91 Å². The SMILES string of the molecule is COc1ccc(C(=O)N2CCc3ccccc3C2)cc1-c1csc(N2CCOCC2)n1. The molecule has 0 N–H and O–H groups in total. The smallest absolute Gasteiger partial charge is 0.254 e. The lowest BCUT2D eigenvalue weighted by Crippen LogP contribution is -2.36. The molecule has 1 amide bonds. The molecule has 2 aliphatic heterocycles. The minimum Gasteiger partial charge on any atom is -0.496 e. The van der Waals surface area contributed by atoms with E-state index in [0.29, 0.717) is 12.1 Å². The van der Waals surface area contributed by atoms with E-state index in [4.69, 9.17) is 14.5 Å². The number of ether oxygens (including phenoxy) is 2. The molecule has 0 saturated carbocycles. The lowest BCUT2D eigenvalue weighted by Gasteiger charge is -2.29. The normalized spacial score (nSPS) is 16.2. The zero-order chi connectivity index (χ0) is 21.2. The van der Waals surface area contributed by atoms with Crippen LogP contribution in [-0.2, 0) is 17.7 Å². The number of methoxy groups -OCH3 is 1. The zero-order valence-corrected chi connectivity index (χ0v) is 18.4. The van der Waals surface area contributed by atoms with Gasteiger partial charge in [-0.25, -0.2) is 4.98 Å². The van der Waals surface area contributed by atoms with Crippen molar-refractivity contribution < 1.29 is 14.3 Å². The molecule has 0 spiro atoms. The van der Waals surface area contributed by atoms with Gasteiger partial charge in [-0.1, -0.05) is 24.3 Å². The first-order valence-electron chi connectivity index (χ1n) is 10.6. The summed E-state index contributed by atoms with van der Waals surface area (Å²) in [4.78, 5) is 22.3. The maximum absolute atomic E-state index is 13.3. The van der Waals surface area contributed by atoms with Gasteiger partial charge in [0.15, 0.2) is 5.13 Å². The quantitative estimate of drug-likeness (QED) is 0.623. The number of anilines is 1. The molecule has 0 bridgehead atoms. The van der Waals surface area contributed by atoms with Crippen molar-refractivity contribution in [1.82, 2.24) is 9.88 Å². The van der Waals surface area contributed by atoms with Crippen molar-refractivity contribution in [3.05, 3.63) is 64.5 Å². The Morgan fingerprint density at radius 3 is 2.71 bits per heavy atom. The lowest BCUT2D eigenvalue weighted by molar-refractivity contribution is 0.0734. The summed E-state index contributed by atoms with van der Waals surface area (Å²) in [5.41, 5.74) is 4.91. The summed E-state index contributed by atoms with van der Waals surface area (Å²) < 4.78 is 11.0. The highest BCUT2D eigenvalue weighted by atomic mass is 32.1. The van der Waals surface area contributed by atoms with E-state index in [0.717, 1.165) is 61.4 Å². The van der Waals surface area contributed by atoms with Crippen LogP contribution in [0.3, 0.4) is 0 Å². The second-order valence-corrected chi connectivity index (χ2v) is 8.61. The van der Waals surface area contributed by atoms with Crippen LogP contribution < -0.4 is 9.64 Å². The van der Waals surface area contributed by atoms with Crippen LogP contribution in [0.15, 0.2) is 47.8 Å². The highest BCUT2D eigenvalue weighted by molar-refractivity contribution is 7.14. The van der Waals surface area contributed by atoms with Crippen molar-refractivity contribution in [2.24, 2.45) is 0 Å². The minimum absolute atomic E-state index is 0.0436. The van der Waals surface area contributed by atoms with Crippen LogP contribution in [0.5, 0.6) is 5.75 Å². The van der Waals surface area contributed by atoms with Gasteiger partial charge in [0, 0.05) is 42.7 Å². The molecule has 1 aromatic heterocycles. The maximum Gasteiger partial charge on any atom is 0.254 e. The van der Waals surface area contributed by atoms with Gasteiger partial charge in [-0.15, -0.1) is 11.3 Å². The number of hydrogen-bond acceptors (Lipinski definition) is 6. The van der Waals surface area contributed by atoms with E-state index in [1.807, 2.05) is 34.5 Å². The number of nitrogens with zero attached hydrogens (tertiary/aromatic N) is 3. The zero-order valence-electron chi connectivity index (χ0n) is 17.5. The number of morpholine rings is 1. The second-order valence-electron chi connectivity index (χ2n) is 7.78. The molecule has 31 heavy (non-hydrogen) atoms. The number of thiazole rings is 1. The van der Waals surface area contributed by atoms with E-state index in [1.54, 1.807) is 18.4 Å². The Morgan fingerprint density at radius 1 is 1.10 bits per heavy atom. The molecule has 5 rings (SSSR count). The first-order chi connectivity index (χ1) is 15.2. The number of carbonyl (C=O) groups is 1. The van der Waals surface area contributed by atoms with E-state index in [1.165, 1.54) is 11.1 Å². The Hall–Kier alpha value is -2.90. The fourth-order valence-electron chi connectivity index (χ4n) is 4.18. The summed E-state index contributed by atoms with van der Waals surface area (Å²) >= 11 is 1.61. The third-order valence-corrected chi connectivity index (χ3v) is 6.82. The van der Waals surface area contributed by atoms with Gasteiger partial charge in [0.05, 0.1) is 26.0 Å². The first-order valence-corrected chi connectivity index (χ1v) is 11.4. The molecule has 160 valence electrons. The van der Waals surface area contributed by atoms with Crippen molar-refractivity contribution in [1.29, 1.82) is 0 Å². The van der Waals surface area contributed by atoms with E-state index >= 15 is 0 Å². The second kappa shape index (κ2) is 8.69. The highest BCUT2D eigenvalue weighted by Gasteiger charge is 2.23. The number of benzene rings is 2. The fraction of sp³-hybridized carbons (Fsp3) is 0.333. The van der Waals surface area contributed by atoms with Gasteiger partial charge in [-0.2, -0.15) is 0 Å². The van der Waals surface area contributed by atoms with E-state index in [2.05, 4.69) is 23.1 Å². The van der Waals surface area contributed by atoms with Gasteiger partial charge >= 0.3 is 0 Å². The topological polar surface area (TPSA) is 54.9 Å². The third kappa shape index (κ3) is 4.03. The first kappa shape index (κ1) is 20.0. The molecule has 0 atom stereocenters. The summed E-state index contributed by atoms with van der Waals surface area (Å²) in [7, 11) is 1.65.